The molecule has 0 amide bonds. The first-order valence-electron chi connectivity index (χ1n) is 6.57. The van der Waals surface area contributed by atoms with Gasteiger partial charge in [-0.3, -0.25) is 0 Å². The number of aromatic nitrogens is 2. The summed E-state index contributed by atoms with van der Waals surface area (Å²) in [6, 6.07) is 2.27. The Labute approximate surface area is 109 Å². The molecule has 0 aliphatic heterocycles. The van der Waals surface area contributed by atoms with E-state index in [2.05, 4.69) is 35.6 Å². The van der Waals surface area contributed by atoms with Crippen LogP contribution in [-0.4, -0.2) is 29.7 Å². The van der Waals surface area contributed by atoms with E-state index >= 15 is 0 Å². The quantitative estimate of drug-likeness (QED) is 0.807. The van der Waals surface area contributed by atoms with E-state index in [9.17, 15) is 0 Å². The third-order valence-corrected chi connectivity index (χ3v) is 3.09. The topological polar surface area (TPSA) is 64.3 Å². The van der Waals surface area contributed by atoms with Crippen LogP contribution < -0.4 is 15.4 Å². The first-order valence-corrected chi connectivity index (χ1v) is 6.57. The molecule has 1 atom stereocenters. The first kappa shape index (κ1) is 14.5. The number of methoxy groups -OCH3 is 1. The van der Waals surface area contributed by atoms with Crippen molar-refractivity contribution in [3.63, 3.8) is 0 Å². The summed E-state index contributed by atoms with van der Waals surface area (Å²) in [7, 11) is 1.59. The van der Waals surface area contributed by atoms with Crippen LogP contribution >= 0.6 is 0 Å². The Morgan fingerprint density at radius 3 is 2.67 bits per heavy atom. The lowest BCUT2D eigenvalue weighted by Crippen LogP contribution is -2.34. The Morgan fingerprint density at radius 2 is 2.11 bits per heavy atom. The maximum absolute atomic E-state index is 5.71. The molecule has 18 heavy (non-hydrogen) atoms. The molecular weight excluding hydrogens is 228 g/mol. The average Bonchev–Trinajstić information content (AvgIpc) is 2.38. The summed E-state index contributed by atoms with van der Waals surface area (Å²) >= 11 is 0. The zero-order chi connectivity index (χ0) is 13.5. The van der Waals surface area contributed by atoms with Gasteiger partial charge in [0.15, 0.2) is 0 Å². The summed E-state index contributed by atoms with van der Waals surface area (Å²) in [5.41, 5.74) is 5.71. The molecule has 1 aromatic rings. The van der Waals surface area contributed by atoms with Crippen LogP contribution in [-0.2, 0) is 0 Å². The first-order chi connectivity index (χ1) is 8.62. The molecule has 5 heteroatoms. The molecular formula is C13H24N4O. The standard InChI is InChI=1S/C13H24N4O/c1-5-7-8-17(10(3)6-2)11-9-12(18-4)16-13(14)15-11/h9-10H,5-8H2,1-4H3,(H2,14,15,16). The van der Waals surface area contributed by atoms with E-state index in [1.165, 1.54) is 0 Å². The van der Waals surface area contributed by atoms with Gasteiger partial charge in [0.05, 0.1) is 7.11 Å². The van der Waals surface area contributed by atoms with Gasteiger partial charge in [-0.1, -0.05) is 20.3 Å². The summed E-state index contributed by atoms with van der Waals surface area (Å²) < 4.78 is 5.15. The normalized spacial score (nSPS) is 12.2. The maximum Gasteiger partial charge on any atom is 0.225 e. The molecule has 0 saturated heterocycles. The minimum Gasteiger partial charge on any atom is -0.481 e. The van der Waals surface area contributed by atoms with Crippen LogP contribution in [0.5, 0.6) is 5.88 Å². The summed E-state index contributed by atoms with van der Waals surface area (Å²) in [4.78, 5) is 10.6. The summed E-state index contributed by atoms with van der Waals surface area (Å²) in [5, 5.41) is 0. The molecule has 0 aliphatic rings. The summed E-state index contributed by atoms with van der Waals surface area (Å²) in [6.07, 6.45) is 3.36. The zero-order valence-electron chi connectivity index (χ0n) is 11.8. The number of nitrogens with two attached hydrogens (primary N) is 1. The van der Waals surface area contributed by atoms with Crippen LogP contribution in [0.15, 0.2) is 6.07 Å². The van der Waals surface area contributed by atoms with Gasteiger partial charge in [0.1, 0.15) is 5.82 Å². The average molecular weight is 252 g/mol. The van der Waals surface area contributed by atoms with Gasteiger partial charge in [0.25, 0.3) is 0 Å². The molecule has 0 saturated carbocycles. The van der Waals surface area contributed by atoms with E-state index in [0.717, 1.165) is 31.6 Å². The predicted octanol–water partition coefficient (Wildman–Crippen LogP) is 2.47. The fraction of sp³-hybridized carbons (Fsp3) is 0.692. The second-order valence-electron chi connectivity index (χ2n) is 4.43. The Morgan fingerprint density at radius 1 is 1.39 bits per heavy atom. The van der Waals surface area contributed by atoms with Crippen molar-refractivity contribution < 1.29 is 4.74 Å². The van der Waals surface area contributed by atoms with E-state index in [1.54, 1.807) is 7.11 Å². The van der Waals surface area contributed by atoms with Crippen molar-refractivity contribution in [2.24, 2.45) is 0 Å². The van der Waals surface area contributed by atoms with E-state index in [-0.39, 0.29) is 5.95 Å². The van der Waals surface area contributed by atoms with E-state index in [4.69, 9.17) is 10.5 Å². The van der Waals surface area contributed by atoms with Crippen molar-refractivity contribution in [2.75, 3.05) is 24.3 Å². The molecule has 1 unspecified atom stereocenters. The number of nitrogen functional groups attached to an aromatic ring is 1. The molecule has 102 valence electrons. The van der Waals surface area contributed by atoms with Crippen LogP contribution in [0.1, 0.15) is 40.0 Å². The van der Waals surface area contributed by atoms with E-state index in [1.807, 2.05) is 6.07 Å². The largest absolute Gasteiger partial charge is 0.481 e. The van der Waals surface area contributed by atoms with Crippen LogP contribution in [0.3, 0.4) is 0 Å². The minimum absolute atomic E-state index is 0.258. The number of hydrogen-bond acceptors (Lipinski definition) is 5. The predicted molar refractivity (Wildman–Crippen MR) is 75.0 cm³/mol. The lowest BCUT2D eigenvalue weighted by Gasteiger charge is -2.29. The number of anilines is 2. The van der Waals surface area contributed by atoms with E-state index < -0.39 is 0 Å². The van der Waals surface area contributed by atoms with Crippen molar-refractivity contribution in [3.8, 4) is 5.88 Å². The Balaban J connectivity index is 2.99. The SMILES string of the molecule is CCCCN(c1cc(OC)nc(N)n1)C(C)CC. The van der Waals surface area contributed by atoms with Crippen molar-refractivity contribution >= 4 is 11.8 Å². The van der Waals surface area contributed by atoms with Gasteiger partial charge in [-0.05, 0) is 19.8 Å². The van der Waals surface area contributed by atoms with Crippen LogP contribution in [0.25, 0.3) is 0 Å². The van der Waals surface area contributed by atoms with Gasteiger partial charge in [-0.25, -0.2) is 0 Å². The van der Waals surface area contributed by atoms with Crippen LogP contribution in [0.2, 0.25) is 0 Å². The molecule has 2 N–H and O–H groups in total. The second kappa shape index (κ2) is 7.03. The number of nitrogens with zero attached hydrogens (tertiary/aromatic N) is 3. The molecule has 1 aromatic heterocycles. The highest BCUT2D eigenvalue weighted by atomic mass is 16.5. The van der Waals surface area contributed by atoms with Gasteiger partial charge in [-0.2, -0.15) is 9.97 Å². The molecule has 0 fully saturated rings. The van der Waals surface area contributed by atoms with Crippen molar-refractivity contribution in [3.05, 3.63) is 6.07 Å². The van der Waals surface area contributed by atoms with Crippen molar-refractivity contribution in [1.82, 2.24) is 9.97 Å². The van der Waals surface area contributed by atoms with Gasteiger partial charge in [-0.15, -0.1) is 0 Å². The minimum atomic E-state index is 0.258. The van der Waals surface area contributed by atoms with Gasteiger partial charge < -0.3 is 15.4 Å². The van der Waals surface area contributed by atoms with Gasteiger partial charge in [0.2, 0.25) is 11.8 Å². The fourth-order valence-corrected chi connectivity index (χ4v) is 1.79. The van der Waals surface area contributed by atoms with E-state index in [0.29, 0.717) is 11.9 Å². The number of rotatable bonds is 7. The molecule has 0 spiro atoms. The lowest BCUT2D eigenvalue weighted by molar-refractivity contribution is 0.397. The molecule has 0 aliphatic carbocycles. The highest BCUT2D eigenvalue weighted by molar-refractivity contribution is 5.46. The summed E-state index contributed by atoms with van der Waals surface area (Å²) in [5.74, 6) is 1.62. The van der Waals surface area contributed by atoms with Gasteiger partial charge in [0, 0.05) is 18.7 Å². The highest BCUT2D eigenvalue weighted by Crippen LogP contribution is 2.21. The highest BCUT2D eigenvalue weighted by Gasteiger charge is 2.15. The molecule has 0 aromatic carbocycles. The molecule has 0 radical (unpaired) electrons. The Bertz CT molecular complexity index is 370. The molecule has 0 bridgehead atoms. The summed E-state index contributed by atoms with van der Waals surface area (Å²) in [6.45, 7) is 7.53. The van der Waals surface area contributed by atoms with Crippen molar-refractivity contribution in [1.29, 1.82) is 0 Å². The molecule has 1 heterocycles. The van der Waals surface area contributed by atoms with Crippen LogP contribution in [0.4, 0.5) is 11.8 Å². The number of hydrogen-bond donors (Lipinski definition) is 1. The number of unbranched alkanes of at least 4 members (excludes halogenated alkanes) is 1. The smallest absolute Gasteiger partial charge is 0.225 e. The molecule has 1 rings (SSSR count). The third kappa shape index (κ3) is 3.75. The molecule has 5 nitrogen and oxygen atoms in total. The van der Waals surface area contributed by atoms with Crippen LogP contribution in [0, 0.1) is 0 Å². The number of ether oxygens (including phenoxy) is 1. The van der Waals surface area contributed by atoms with Gasteiger partial charge >= 0.3 is 0 Å². The third-order valence-electron chi connectivity index (χ3n) is 3.09. The zero-order valence-corrected chi connectivity index (χ0v) is 11.8. The lowest BCUT2D eigenvalue weighted by atomic mass is 10.2. The second-order valence-corrected chi connectivity index (χ2v) is 4.43. The Kier molecular flexibility index (Phi) is 5.68. The fourth-order valence-electron chi connectivity index (χ4n) is 1.79. The Hall–Kier alpha value is -1.52. The van der Waals surface area contributed by atoms with Crippen molar-refractivity contribution in [2.45, 2.75) is 46.1 Å². The maximum atomic E-state index is 5.71. The monoisotopic (exact) mass is 252 g/mol.